The van der Waals surface area contributed by atoms with E-state index < -0.39 is 10.0 Å². The molecule has 0 unspecified atom stereocenters. The maximum Gasteiger partial charge on any atom is 0.264 e. The van der Waals surface area contributed by atoms with Crippen LogP contribution >= 0.6 is 0 Å². The molecule has 0 radical (unpaired) electrons. The molecule has 0 saturated heterocycles. The third-order valence-corrected chi connectivity index (χ3v) is 7.14. The zero-order chi connectivity index (χ0) is 23.8. The first-order chi connectivity index (χ1) is 15.8. The van der Waals surface area contributed by atoms with Crippen LogP contribution in [0.1, 0.15) is 24.5 Å². The van der Waals surface area contributed by atoms with Crippen LogP contribution in [0.15, 0.2) is 83.8 Å². The number of carbonyl (C=O) groups is 1. The average molecular weight is 467 g/mol. The van der Waals surface area contributed by atoms with Gasteiger partial charge in [-0.3, -0.25) is 9.10 Å². The van der Waals surface area contributed by atoms with Gasteiger partial charge in [-0.05, 0) is 56.5 Å². The average Bonchev–Trinajstić information content (AvgIpc) is 2.82. The quantitative estimate of drug-likeness (QED) is 0.482. The number of benzene rings is 3. The number of hydrogen-bond donors (Lipinski definition) is 1. The Morgan fingerprint density at radius 1 is 1.00 bits per heavy atom. The molecule has 6 nitrogen and oxygen atoms in total. The number of ether oxygens (including phenoxy) is 1. The standard InChI is InChI=1S/C26H30N2O4S/c1-20-12-16-25(17-13-20)33(30,31)28(23-10-7-11-24(18-23)32-3)19-26(29)27-21(2)14-15-22-8-5-4-6-9-22/h4-13,16-18,21H,14-15,19H2,1-3H3,(H,27,29)/t21-/m1/s1. The summed E-state index contributed by atoms with van der Waals surface area (Å²) in [5, 5.41) is 2.94. The highest BCUT2D eigenvalue weighted by Gasteiger charge is 2.28. The van der Waals surface area contributed by atoms with E-state index in [4.69, 9.17) is 4.74 Å². The van der Waals surface area contributed by atoms with E-state index in [0.29, 0.717) is 11.4 Å². The van der Waals surface area contributed by atoms with Crippen molar-refractivity contribution in [2.24, 2.45) is 0 Å². The van der Waals surface area contributed by atoms with E-state index in [1.807, 2.05) is 44.2 Å². The van der Waals surface area contributed by atoms with Crippen molar-refractivity contribution in [3.05, 3.63) is 90.0 Å². The minimum absolute atomic E-state index is 0.105. The second-order valence-electron chi connectivity index (χ2n) is 8.02. The molecular weight excluding hydrogens is 436 g/mol. The van der Waals surface area contributed by atoms with E-state index >= 15 is 0 Å². The van der Waals surface area contributed by atoms with Crippen molar-refractivity contribution >= 4 is 21.6 Å². The lowest BCUT2D eigenvalue weighted by atomic mass is 10.1. The predicted octanol–water partition coefficient (Wildman–Crippen LogP) is 4.34. The summed E-state index contributed by atoms with van der Waals surface area (Å²) in [6.45, 7) is 3.48. The number of rotatable bonds is 10. The Bertz CT molecular complexity index is 1160. The topological polar surface area (TPSA) is 75.7 Å². The smallest absolute Gasteiger partial charge is 0.264 e. The van der Waals surface area contributed by atoms with Crippen LogP contribution in [0.25, 0.3) is 0 Å². The Hall–Kier alpha value is -3.32. The van der Waals surface area contributed by atoms with E-state index in [2.05, 4.69) is 5.32 Å². The van der Waals surface area contributed by atoms with Gasteiger partial charge in [0, 0.05) is 12.1 Å². The van der Waals surface area contributed by atoms with E-state index in [9.17, 15) is 13.2 Å². The second kappa shape index (κ2) is 11.0. The fraction of sp³-hybridized carbons (Fsp3) is 0.269. The molecule has 0 aliphatic carbocycles. The molecule has 0 heterocycles. The van der Waals surface area contributed by atoms with Crippen LogP contribution in [0.5, 0.6) is 5.75 Å². The monoisotopic (exact) mass is 466 g/mol. The van der Waals surface area contributed by atoms with Crippen LogP contribution in [0.4, 0.5) is 5.69 Å². The number of nitrogens with one attached hydrogen (secondary N) is 1. The van der Waals surface area contributed by atoms with Gasteiger partial charge >= 0.3 is 0 Å². The first kappa shape index (κ1) is 24.3. The molecule has 0 aliphatic heterocycles. The first-order valence-electron chi connectivity index (χ1n) is 10.9. The zero-order valence-corrected chi connectivity index (χ0v) is 20.0. The van der Waals surface area contributed by atoms with E-state index in [1.54, 1.807) is 48.5 Å². The summed E-state index contributed by atoms with van der Waals surface area (Å²) in [5.41, 5.74) is 2.51. The van der Waals surface area contributed by atoms with Crippen molar-refractivity contribution in [1.82, 2.24) is 5.32 Å². The minimum atomic E-state index is -3.97. The molecule has 3 aromatic rings. The van der Waals surface area contributed by atoms with E-state index in [1.165, 1.54) is 12.7 Å². The molecule has 1 atom stereocenters. The summed E-state index contributed by atoms with van der Waals surface area (Å²) in [4.78, 5) is 13.0. The summed E-state index contributed by atoms with van der Waals surface area (Å²) < 4.78 is 33.3. The molecular formula is C26H30N2O4S. The normalized spacial score (nSPS) is 12.1. The Labute approximate surface area is 196 Å². The molecule has 0 spiro atoms. The van der Waals surface area contributed by atoms with Gasteiger partial charge in [0.25, 0.3) is 10.0 Å². The Morgan fingerprint density at radius 3 is 2.36 bits per heavy atom. The van der Waals surface area contributed by atoms with Crippen LogP contribution < -0.4 is 14.4 Å². The Morgan fingerprint density at radius 2 is 1.70 bits per heavy atom. The Kier molecular flexibility index (Phi) is 8.11. The van der Waals surface area contributed by atoms with Gasteiger partial charge in [-0.15, -0.1) is 0 Å². The van der Waals surface area contributed by atoms with Crippen molar-refractivity contribution in [2.75, 3.05) is 18.0 Å². The maximum atomic E-state index is 13.5. The summed E-state index contributed by atoms with van der Waals surface area (Å²) in [5.74, 6) is 0.141. The summed E-state index contributed by atoms with van der Waals surface area (Å²) in [7, 11) is -2.45. The van der Waals surface area contributed by atoms with Crippen LogP contribution in [0.2, 0.25) is 0 Å². The highest BCUT2D eigenvalue weighted by atomic mass is 32.2. The van der Waals surface area contributed by atoms with Gasteiger partial charge in [-0.2, -0.15) is 0 Å². The maximum absolute atomic E-state index is 13.5. The van der Waals surface area contributed by atoms with Crippen molar-refractivity contribution in [3.8, 4) is 5.75 Å². The first-order valence-corrected chi connectivity index (χ1v) is 12.3. The van der Waals surface area contributed by atoms with Gasteiger partial charge in [0.1, 0.15) is 12.3 Å². The number of hydrogen-bond acceptors (Lipinski definition) is 4. The molecule has 3 aromatic carbocycles. The van der Waals surface area contributed by atoms with Gasteiger partial charge in [-0.25, -0.2) is 8.42 Å². The number of aryl methyl sites for hydroxylation is 2. The molecule has 3 rings (SSSR count). The van der Waals surface area contributed by atoms with E-state index in [0.717, 1.165) is 22.7 Å². The van der Waals surface area contributed by atoms with Crippen LogP contribution in [-0.2, 0) is 21.2 Å². The molecule has 33 heavy (non-hydrogen) atoms. The van der Waals surface area contributed by atoms with Crippen LogP contribution in [-0.4, -0.2) is 34.0 Å². The fourth-order valence-corrected chi connectivity index (χ4v) is 4.88. The summed E-state index contributed by atoms with van der Waals surface area (Å²) in [6.07, 6.45) is 1.57. The van der Waals surface area contributed by atoms with Crippen molar-refractivity contribution in [3.63, 3.8) is 0 Å². The Balaban J connectivity index is 1.79. The lowest BCUT2D eigenvalue weighted by molar-refractivity contribution is -0.120. The summed E-state index contributed by atoms with van der Waals surface area (Å²) >= 11 is 0. The third-order valence-electron chi connectivity index (χ3n) is 5.35. The number of amides is 1. The second-order valence-corrected chi connectivity index (χ2v) is 9.88. The van der Waals surface area contributed by atoms with E-state index in [-0.39, 0.29) is 23.4 Å². The molecule has 174 valence electrons. The lowest BCUT2D eigenvalue weighted by Gasteiger charge is -2.25. The SMILES string of the molecule is COc1cccc(N(CC(=O)N[C@H](C)CCc2ccccc2)S(=O)(=O)c2ccc(C)cc2)c1. The van der Waals surface area contributed by atoms with Gasteiger partial charge in [0.05, 0.1) is 17.7 Å². The summed E-state index contributed by atoms with van der Waals surface area (Å²) in [6, 6.07) is 23.2. The number of methoxy groups -OCH3 is 1. The highest BCUT2D eigenvalue weighted by molar-refractivity contribution is 7.92. The highest BCUT2D eigenvalue weighted by Crippen LogP contribution is 2.27. The zero-order valence-electron chi connectivity index (χ0n) is 19.2. The predicted molar refractivity (Wildman–Crippen MR) is 131 cm³/mol. The molecule has 0 fully saturated rings. The van der Waals surface area contributed by atoms with Crippen molar-refractivity contribution < 1.29 is 17.9 Å². The van der Waals surface area contributed by atoms with Crippen molar-refractivity contribution in [1.29, 1.82) is 0 Å². The fourth-order valence-electron chi connectivity index (χ4n) is 3.47. The number of nitrogens with zero attached hydrogens (tertiary/aromatic N) is 1. The van der Waals surface area contributed by atoms with Crippen LogP contribution in [0, 0.1) is 6.92 Å². The number of anilines is 1. The van der Waals surface area contributed by atoms with Gasteiger partial charge in [-0.1, -0.05) is 54.1 Å². The molecule has 0 aromatic heterocycles. The minimum Gasteiger partial charge on any atom is -0.497 e. The molecule has 1 N–H and O–H groups in total. The lowest BCUT2D eigenvalue weighted by Crippen LogP contribution is -2.43. The number of carbonyl (C=O) groups excluding carboxylic acids is 1. The van der Waals surface area contributed by atoms with Gasteiger partial charge in [0.15, 0.2) is 0 Å². The van der Waals surface area contributed by atoms with Gasteiger partial charge in [0.2, 0.25) is 5.91 Å². The molecule has 1 amide bonds. The van der Waals surface area contributed by atoms with Gasteiger partial charge < -0.3 is 10.1 Å². The third kappa shape index (κ3) is 6.58. The number of sulfonamides is 1. The molecule has 0 saturated carbocycles. The van der Waals surface area contributed by atoms with Crippen molar-refractivity contribution in [2.45, 2.75) is 37.6 Å². The molecule has 0 bridgehead atoms. The molecule has 0 aliphatic rings. The van der Waals surface area contributed by atoms with Crippen LogP contribution in [0.3, 0.4) is 0 Å². The largest absolute Gasteiger partial charge is 0.497 e. The molecule has 7 heteroatoms.